The van der Waals surface area contributed by atoms with E-state index in [0.717, 1.165) is 33.6 Å². The van der Waals surface area contributed by atoms with Crippen LogP contribution in [0.25, 0.3) is 5.65 Å². The topological polar surface area (TPSA) is 48.0 Å². The van der Waals surface area contributed by atoms with Gasteiger partial charge in [-0.15, -0.1) is 0 Å². The molecule has 0 amide bonds. The van der Waals surface area contributed by atoms with Crippen molar-refractivity contribution in [1.82, 2.24) is 9.38 Å². The molecule has 0 aliphatic carbocycles. The van der Waals surface area contributed by atoms with Crippen LogP contribution in [0.2, 0.25) is 0 Å². The molecule has 0 saturated heterocycles. The van der Waals surface area contributed by atoms with Crippen LogP contribution in [0, 0.1) is 6.92 Å². The van der Waals surface area contributed by atoms with Crippen LogP contribution in [0.3, 0.4) is 0 Å². The number of rotatable bonds is 5. The second kappa shape index (κ2) is 7.37. The van der Waals surface area contributed by atoms with Gasteiger partial charge in [0.05, 0.1) is 14.2 Å². The number of aromatic nitrogens is 2. The van der Waals surface area contributed by atoms with E-state index in [1.165, 1.54) is 4.90 Å². The van der Waals surface area contributed by atoms with Crippen LogP contribution in [0.4, 0.5) is 0 Å². The van der Waals surface area contributed by atoms with Crippen molar-refractivity contribution in [2.45, 2.75) is 20.0 Å². The Morgan fingerprint density at radius 1 is 1.20 bits per heavy atom. The van der Waals surface area contributed by atoms with E-state index in [0.29, 0.717) is 12.2 Å². The highest BCUT2D eigenvalue weighted by Crippen LogP contribution is 2.22. The van der Waals surface area contributed by atoms with E-state index in [1.807, 2.05) is 37.4 Å². The molecule has 0 aliphatic heterocycles. The van der Waals surface area contributed by atoms with Crippen LogP contribution in [0.15, 0.2) is 51.9 Å². The van der Waals surface area contributed by atoms with Gasteiger partial charge in [0.25, 0.3) is 5.56 Å². The molecule has 0 radical (unpaired) electrons. The highest BCUT2D eigenvalue weighted by atomic mass is 79.9. The van der Waals surface area contributed by atoms with Gasteiger partial charge in [-0.3, -0.25) is 9.20 Å². The normalized spacial score (nSPS) is 12.3. The van der Waals surface area contributed by atoms with E-state index in [-0.39, 0.29) is 5.56 Å². The largest absolute Gasteiger partial charge is 0.496 e. The molecule has 0 bridgehead atoms. The SMILES string of the molecule is COc1ccc(Br)cc1C[NH+](C)Cc1cc(=O)n2cc(C)ccc2n1. The molecule has 6 heteroatoms. The van der Waals surface area contributed by atoms with E-state index >= 15 is 0 Å². The van der Waals surface area contributed by atoms with Gasteiger partial charge in [-0.05, 0) is 36.8 Å². The summed E-state index contributed by atoms with van der Waals surface area (Å²) in [7, 11) is 3.76. The Morgan fingerprint density at radius 2 is 2.00 bits per heavy atom. The summed E-state index contributed by atoms with van der Waals surface area (Å²) in [5, 5.41) is 0. The van der Waals surface area contributed by atoms with Crippen molar-refractivity contribution in [2.24, 2.45) is 0 Å². The number of methoxy groups -OCH3 is 1. The Bertz CT molecular complexity index is 969. The Hall–Kier alpha value is -2.18. The predicted octanol–water partition coefficient (Wildman–Crippen LogP) is 1.99. The molecule has 1 unspecified atom stereocenters. The molecule has 0 aliphatic rings. The lowest BCUT2D eigenvalue weighted by molar-refractivity contribution is -0.908. The summed E-state index contributed by atoms with van der Waals surface area (Å²) in [5.74, 6) is 0.865. The van der Waals surface area contributed by atoms with Gasteiger partial charge < -0.3 is 9.64 Å². The van der Waals surface area contributed by atoms with Crippen LogP contribution < -0.4 is 15.2 Å². The molecule has 2 heterocycles. The zero-order valence-electron chi connectivity index (χ0n) is 14.5. The van der Waals surface area contributed by atoms with Gasteiger partial charge in [0.1, 0.15) is 30.2 Å². The minimum Gasteiger partial charge on any atom is -0.496 e. The molecule has 3 aromatic rings. The lowest BCUT2D eigenvalue weighted by Gasteiger charge is -2.16. The lowest BCUT2D eigenvalue weighted by Crippen LogP contribution is -3.06. The van der Waals surface area contributed by atoms with Gasteiger partial charge in [0.2, 0.25) is 0 Å². The molecular formula is C19H21BrN3O2+. The van der Waals surface area contributed by atoms with Gasteiger partial charge >= 0.3 is 0 Å². The molecule has 130 valence electrons. The van der Waals surface area contributed by atoms with E-state index in [9.17, 15) is 4.79 Å². The third kappa shape index (κ3) is 4.08. The van der Waals surface area contributed by atoms with Crippen LogP contribution >= 0.6 is 15.9 Å². The molecule has 2 aromatic heterocycles. The van der Waals surface area contributed by atoms with E-state index in [4.69, 9.17) is 4.74 Å². The number of halogens is 1. The Labute approximate surface area is 155 Å². The maximum Gasteiger partial charge on any atom is 0.258 e. The molecule has 1 N–H and O–H groups in total. The summed E-state index contributed by atoms with van der Waals surface area (Å²) >= 11 is 3.50. The number of pyridine rings is 1. The van der Waals surface area contributed by atoms with Crippen LogP contribution in [-0.2, 0) is 13.1 Å². The maximum absolute atomic E-state index is 12.3. The molecule has 5 nitrogen and oxygen atoms in total. The van der Waals surface area contributed by atoms with Gasteiger partial charge in [0.15, 0.2) is 0 Å². The van der Waals surface area contributed by atoms with E-state index in [2.05, 4.69) is 34.0 Å². The summed E-state index contributed by atoms with van der Waals surface area (Å²) in [4.78, 5) is 18.2. The maximum atomic E-state index is 12.3. The Balaban J connectivity index is 1.83. The van der Waals surface area contributed by atoms with E-state index in [1.54, 1.807) is 17.6 Å². The lowest BCUT2D eigenvalue weighted by atomic mass is 10.2. The summed E-state index contributed by atoms with van der Waals surface area (Å²) in [6.45, 7) is 3.40. The second-order valence-corrected chi connectivity index (χ2v) is 7.20. The van der Waals surface area contributed by atoms with Crippen molar-refractivity contribution in [3.8, 4) is 5.75 Å². The third-order valence-electron chi connectivity index (χ3n) is 4.08. The molecule has 3 rings (SSSR count). The van der Waals surface area contributed by atoms with Gasteiger partial charge in [-0.1, -0.05) is 22.0 Å². The fraction of sp³-hybridized carbons (Fsp3) is 0.263. The summed E-state index contributed by atoms with van der Waals surface area (Å²) in [5.41, 5.74) is 3.58. The van der Waals surface area contributed by atoms with Crippen LogP contribution in [-0.4, -0.2) is 23.5 Å². The zero-order valence-corrected chi connectivity index (χ0v) is 16.1. The number of quaternary nitrogens is 1. The molecule has 0 spiro atoms. The quantitative estimate of drug-likeness (QED) is 0.709. The third-order valence-corrected chi connectivity index (χ3v) is 4.57. The molecule has 0 saturated carbocycles. The fourth-order valence-electron chi connectivity index (χ4n) is 2.93. The number of nitrogens with zero attached hydrogens (tertiary/aromatic N) is 2. The Morgan fingerprint density at radius 3 is 2.76 bits per heavy atom. The summed E-state index contributed by atoms with van der Waals surface area (Å²) < 4.78 is 8.05. The predicted molar refractivity (Wildman–Crippen MR) is 101 cm³/mol. The summed E-state index contributed by atoms with van der Waals surface area (Å²) in [6.07, 6.45) is 1.82. The molecule has 1 aromatic carbocycles. The first-order chi connectivity index (χ1) is 12.0. The first kappa shape index (κ1) is 17.6. The molecule has 0 fully saturated rings. The van der Waals surface area contributed by atoms with Crippen LogP contribution in [0.1, 0.15) is 16.8 Å². The van der Waals surface area contributed by atoms with Gasteiger partial charge in [0, 0.05) is 22.3 Å². The van der Waals surface area contributed by atoms with Crippen molar-refractivity contribution in [3.05, 3.63) is 74.2 Å². The Kier molecular flexibility index (Phi) is 5.20. The van der Waals surface area contributed by atoms with Crippen molar-refractivity contribution < 1.29 is 9.64 Å². The number of ether oxygens (including phenoxy) is 1. The van der Waals surface area contributed by atoms with Gasteiger partial charge in [-0.2, -0.15) is 0 Å². The minimum atomic E-state index is -0.0449. The standard InChI is InChI=1S/C19H20BrN3O2/c1-13-4-7-18-21-16(9-19(24)23(18)10-13)12-22(2)11-14-8-15(20)5-6-17(14)25-3/h4-10H,11-12H2,1-3H3/p+1. The van der Waals surface area contributed by atoms with Crippen molar-refractivity contribution >= 4 is 21.6 Å². The van der Waals surface area contributed by atoms with Crippen molar-refractivity contribution in [1.29, 1.82) is 0 Å². The highest BCUT2D eigenvalue weighted by Gasteiger charge is 2.12. The van der Waals surface area contributed by atoms with E-state index < -0.39 is 0 Å². The smallest absolute Gasteiger partial charge is 0.258 e. The van der Waals surface area contributed by atoms with Crippen molar-refractivity contribution in [2.75, 3.05) is 14.2 Å². The number of hydrogen-bond donors (Lipinski definition) is 1. The first-order valence-corrected chi connectivity index (χ1v) is 8.88. The number of benzene rings is 1. The van der Waals surface area contributed by atoms with Crippen molar-refractivity contribution in [3.63, 3.8) is 0 Å². The van der Waals surface area contributed by atoms with Crippen LogP contribution in [0.5, 0.6) is 5.75 Å². The number of aryl methyl sites for hydroxylation is 1. The molecule has 1 atom stereocenters. The average molecular weight is 403 g/mol. The second-order valence-electron chi connectivity index (χ2n) is 6.29. The summed E-state index contributed by atoms with van der Waals surface area (Å²) in [6, 6.07) is 11.4. The minimum absolute atomic E-state index is 0.0449. The molecular weight excluding hydrogens is 382 g/mol. The molecule has 25 heavy (non-hydrogen) atoms. The first-order valence-electron chi connectivity index (χ1n) is 8.09. The van der Waals surface area contributed by atoms with Gasteiger partial charge in [-0.25, -0.2) is 4.98 Å². The fourth-order valence-corrected chi connectivity index (χ4v) is 3.34. The zero-order chi connectivity index (χ0) is 18.0. The monoisotopic (exact) mass is 402 g/mol. The average Bonchev–Trinajstić information content (AvgIpc) is 2.56. The number of hydrogen-bond acceptors (Lipinski definition) is 3. The number of nitrogens with one attached hydrogen (secondary N) is 1. The highest BCUT2D eigenvalue weighted by molar-refractivity contribution is 9.10. The number of fused-ring (bicyclic) bond motifs is 1.